The van der Waals surface area contributed by atoms with Crippen molar-refractivity contribution in [2.75, 3.05) is 55.6 Å². The Kier molecular flexibility index (Phi) is 12.1. The molecule has 0 saturated heterocycles. The first kappa shape index (κ1) is 26.8. The zero-order chi connectivity index (χ0) is 21.9. The van der Waals surface area contributed by atoms with Crippen LogP contribution in [-0.4, -0.2) is 66.4 Å². The lowest BCUT2D eigenvalue weighted by Gasteiger charge is -2.27. The summed E-state index contributed by atoms with van der Waals surface area (Å²) in [6, 6.07) is 14.2. The molecule has 1 unspecified atom stereocenters. The molecule has 0 aliphatic heterocycles. The van der Waals surface area contributed by atoms with Crippen molar-refractivity contribution >= 4 is 29.9 Å². The summed E-state index contributed by atoms with van der Waals surface area (Å²) in [7, 11) is 10.9. The molecule has 2 aromatic rings. The Morgan fingerprint density at radius 2 is 1.61 bits per heavy atom. The Morgan fingerprint density at radius 1 is 0.935 bits per heavy atom. The van der Waals surface area contributed by atoms with Gasteiger partial charge in [0.05, 0.1) is 27.4 Å². The number of hydrogen-bond acceptors (Lipinski definition) is 5. The molecule has 0 aliphatic rings. The van der Waals surface area contributed by atoms with Crippen molar-refractivity contribution in [1.29, 1.82) is 0 Å². The van der Waals surface area contributed by atoms with Gasteiger partial charge in [0.25, 0.3) is 0 Å². The highest BCUT2D eigenvalue weighted by atomic mass is 127. The smallest absolute Gasteiger partial charge is 0.191 e. The minimum Gasteiger partial charge on any atom is -0.496 e. The van der Waals surface area contributed by atoms with Gasteiger partial charge in [-0.25, -0.2) is 0 Å². The van der Waals surface area contributed by atoms with Gasteiger partial charge in [0.15, 0.2) is 17.5 Å². The molecule has 2 N–H and O–H groups in total. The van der Waals surface area contributed by atoms with Crippen molar-refractivity contribution in [1.82, 2.24) is 15.5 Å². The van der Waals surface area contributed by atoms with E-state index in [1.807, 2.05) is 36.4 Å². The summed E-state index contributed by atoms with van der Waals surface area (Å²) in [4.78, 5) is 6.52. The van der Waals surface area contributed by atoms with Gasteiger partial charge in [-0.05, 0) is 44.3 Å². The number of likely N-dealkylation sites (N-methyl/N-ethyl adjacent to an activating group) is 1. The molecule has 0 aromatic heterocycles. The first-order valence-electron chi connectivity index (χ1n) is 9.98. The molecule has 2 aromatic carbocycles. The van der Waals surface area contributed by atoms with E-state index in [0.29, 0.717) is 6.54 Å². The molecular formula is C23H35IN4O3. The summed E-state index contributed by atoms with van der Waals surface area (Å²) in [5.74, 6) is 3.12. The topological polar surface area (TPSA) is 67.4 Å². The highest BCUT2D eigenvalue weighted by Crippen LogP contribution is 2.28. The van der Waals surface area contributed by atoms with E-state index in [2.05, 4.69) is 40.7 Å². The second kappa shape index (κ2) is 14.0. The van der Waals surface area contributed by atoms with E-state index in [-0.39, 0.29) is 30.0 Å². The number of nitrogens with zero attached hydrogens (tertiary/aromatic N) is 2. The number of nitrogens with one attached hydrogen (secondary N) is 2. The lowest BCUT2D eigenvalue weighted by Crippen LogP contribution is -2.42. The summed E-state index contributed by atoms with van der Waals surface area (Å²) in [5.41, 5.74) is 2.30. The Bertz CT molecular complexity index is 830. The molecule has 0 saturated carbocycles. The maximum atomic E-state index is 5.54. The molecule has 0 radical (unpaired) electrons. The van der Waals surface area contributed by atoms with E-state index < -0.39 is 0 Å². The fraction of sp³-hybridized carbons (Fsp3) is 0.435. The summed E-state index contributed by atoms with van der Waals surface area (Å²) >= 11 is 0. The van der Waals surface area contributed by atoms with Gasteiger partial charge in [-0.15, -0.1) is 24.0 Å². The van der Waals surface area contributed by atoms with Gasteiger partial charge >= 0.3 is 0 Å². The van der Waals surface area contributed by atoms with E-state index >= 15 is 0 Å². The molecule has 31 heavy (non-hydrogen) atoms. The molecule has 2 rings (SSSR count). The van der Waals surface area contributed by atoms with Gasteiger partial charge in [-0.3, -0.25) is 4.99 Å². The number of ether oxygens (including phenoxy) is 3. The van der Waals surface area contributed by atoms with Crippen LogP contribution in [0.2, 0.25) is 0 Å². The maximum absolute atomic E-state index is 5.54. The van der Waals surface area contributed by atoms with Gasteiger partial charge in [0.1, 0.15) is 5.75 Å². The third kappa shape index (κ3) is 7.77. The monoisotopic (exact) mass is 542 g/mol. The Balaban J connectivity index is 0.00000480. The largest absolute Gasteiger partial charge is 0.496 e. The number of rotatable bonds is 10. The van der Waals surface area contributed by atoms with Crippen LogP contribution in [-0.2, 0) is 6.42 Å². The van der Waals surface area contributed by atoms with E-state index in [1.54, 1.807) is 28.4 Å². The summed E-state index contributed by atoms with van der Waals surface area (Å²) in [5, 5.41) is 6.80. The lowest BCUT2D eigenvalue weighted by molar-refractivity contribution is 0.288. The van der Waals surface area contributed by atoms with Gasteiger partial charge in [0.2, 0.25) is 0 Å². The van der Waals surface area contributed by atoms with Crippen molar-refractivity contribution in [2.24, 2.45) is 4.99 Å². The predicted molar refractivity (Wildman–Crippen MR) is 137 cm³/mol. The van der Waals surface area contributed by atoms with Crippen molar-refractivity contribution in [3.05, 3.63) is 53.6 Å². The van der Waals surface area contributed by atoms with Crippen LogP contribution in [0, 0.1) is 0 Å². The maximum Gasteiger partial charge on any atom is 0.191 e. The molecular weight excluding hydrogens is 507 g/mol. The average Bonchev–Trinajstić information content (AvgIpc) is 2.77. The number of aliphatic imine (C=N–C) groups is 1. The van der Waals surface area contributed by atoms with Crippen LogP contribution in [0.5, 0.6) is 17.2 Å². The molecule has 8 heteroatoms. The van der Waals surface area contributed by atoms with Crippen molar-refractivity contribution in [3.8, 4) is 17.2 Å². The fourth-order valence-electron chi connectivity index (χ4n) is 3.29. The zero-order valence-electron chi connectivity index (χ0n) is 19.3. The van der Waals surface area contributed by atoms with Gasteiger partial charge in [-0.1, -0.05) is 24.3 Å². The lowest BCUT2D eigenvalue weighted by atomic mass is 10.0. The average molecular weight is 542 g/mol. The van der Waals surface area contributed by atoms with Crippen molar-refractivity contribution in [3.63, 3.8) is 0 Å². The quantitative estimate of drug-likeness (QED) is 0.273. The minimum atomic E-state index is 0. The summed E-state index contributed by atoms with van der Waals surface area (Å²) in [6.07, 6.45) is 0.838. The van der Waals surface area contributed by atoms with Gasteiger partial charge in [-0.2, -0.15) is 0 Å². The third-order valence-corrected chi connectivity index (χ3v) is 4.96. The van der Waals surface area contributed by atoms with E-state index in [4.69, 9.17) is 14.2 Å². The zero-order valence-corrected chi connectivity index (χ0v) is 21.6. The molecule has 0 heterocycles. The van der Waals surface area contributed by atoms with Crippen LogP contribution >= 0.6 is 24.0 Å². The first-order valence-corrected chi connectivity index (χ1v) is 9.98. The molecule has 172 valence electrons. The number of hydrogen-bond donors (Lipinski definition) is 2. The Morgan fingerprint density at radius 3 is 2.23 bits per heavy atom. The van der Waals surface area contributed by atoms with Gasteiger partial charge < -0.3 is 29.7 Å². The Labute approximate surface area is 203 Å². The van der Waals surface area contributed by atoms with Crippen LogP contribution in [0.25, 0.3) is 0 Å². The van der Waals surface area contributed by atoms with E-state index in [0.717, 1.165) is 47.3 Å². The molecule has 0 aliphatic carbocycles. The molecule has 1 atom stereocenters. The number of methoxy groups -OCH3 is 3. The number of guanidine groups is 1. The normalized spacial score (nSPS) is 12.0. The minimum absolute atomic E-state index is 0. The predicted octanol–water partition coefficient (Wildman–Crippen LogP) is 3.34. The molecule has 0 amide bonds. The fourth-order valence-corrected chi connectivity index (χ4v) is 3.29. The van der Waals surface area contributed by atoms with Crippen LogP contribution < -0.4 is 24.8 Å². The molecule has 0 bridgehead atoms. The molecule has 0 fully saturated rings. The summed E-state index contributed by atoms with van der Waals surface area (Å²) < 4.78 is 16.2. The second-order valence-corrected chi connectivity index (χ2v) is 7.04. The SMILES string of the molecule is CN=C(NCCc1ccc(OC)c(OC)c1)NCC(c1ccccc1OC)N(C)C.I. The highest BCUT2D eigenvalue weighted by molar-refractivity contribution is 14.0. The third-order valence-electron chi connectivity index (χ3n) is 4.96. The molecule has 0 spiro atoms. The van der Waals surface area contributed by atoms with Crippen LogP contribution in [0.3, 0.4) is 0 Å². The van der Waals surface area contributed by atoms with Crippen LogP contribution in [0.15, 0.2) is 47.5 Å². The van der Waals surface area contributed by atoms with Crippen molar-refractivity contribution in [2.45, 2.75) is 12.5 Å². The number of benzene rings is 2. The second-order valence-electron chi connectivity index (χ2n) is 7.04. The Hall–Kier alpha value is -2.20. The van der Waals surface area contributed by atoms with Crippen LogP contribution in [0.4, 0.5) is 0 Å². The number of halogens is 1. The van der Waals surface area contributed by atoms with Gasteiger partial charge in [0, 0.05) is 25.7 Å². The highest BCUT2D eigenvalue weighted by Gasteiger charge is 2.18. The first-order chi connectivity index (χ1) is 14.5. The van der Waals surface area contributed by atoms with E-state index in [9.17, 15) is 0 Å². The standard InChI is InChI=1S/C23H34N4O3.HI/c1-24-23(25-14-13-17-11-12-21(29-5)22(15-17)30-6)26-16-19(27(2)3)18-9-7-8-10-20(18)28-4;/h7-12,15,19H,13-14,16H2,1-6H3,(H2,24,25,26);1H. The van der Waals surface area contributed by atoms with Crippen LogP contribution in [0.1, 0.15) is 17.2 Å². The number of para-hydroxylation sites is 1. The van der Waals surface area contributed by atoms with Crippen molar-refractivity contribution < 1.29 is 14.2 Å². The molecule has 7 nitrogen and oxygen atoms in total. The summed E-state index contributed by atoms with van der Waals surface area (Å²) in [6.45, 7) is 1.44. The van der Waals surface area contributed by atoms with E-state index in [1.165, 1.54) is 0 Å².